The molecule has 4 rings (SSSR count). The highest BCUT2D eigenvalue weighted by atomic mass is 32.2. The third kappa shape index (κ3) is 6.15. The van der Waals surface area contributed by atoms with Crippen LogP contribution in [0, 0.1) is 0 Å². The monoisotopic (exact) mass is 526 g/mol. The van der Waals surface area contributed by atoms with Gasteiger partial charge in [-0.05, 0) is 48.5 Å². The molecule has 0 aliphatic heterocycles. The van der Waals surface area contributed by atoms with Crippen molar-refractivity contribution in [3.05, 3.63) is 66.7 Å². The van der Waals surface area contributed by atoms with Gasteiger partial charge in [0.25, 0.3) is 15.2 Å². The Kier molecular flexibility index (Phi) is 7.46. The molecule has 0 atom stereocenters. The highest BCUT2D eigenvalue weighted by Gasteiger charge is 2.19. The van der Waals surface area contributed by atoms with Crippen molar-refractivity contribution in [2.45, 2.75) is 17.0 Å². The molecular formula is C24H22N4O6S2. The Morgan fingerprint density at radius 3 is 2.50 bits per heavy atom. The highest BCUT2D eigenvalue weighted by molar-refractivity contribution is 7.99. The minimum Gasteiger partial charge on any atom is -0.495 e. The number of amides is 2. The Morgan fingerprint density at radius 1 is 1.00 bits per heavy atom. The van der Waals surface area contributed by atoms with Crippen LogP contribution in [-0.4, -0.2) is 38.1 Å². The van der Waals surface area contributed by atoms with Crippen LogP contribution >= 0.6 is 11.8 Å². The first-order valence-electron chi connectivity index (χ1n) is 10.6. The number of nitrogens with zero attached hydrogens (tertiary/aromatic N) is 1. The summed E-state index contributed by atoms with van der Waals surface area (Å²) in [5.41, 5.74) is 2.13. The number of thioether (sulfide) groups is 1. The standard InChI is InChI=1S/C24H22N4O6S2/c1-15(29)25-16-6-5-7-17(12-16)26-23(30)14-35-24-27-20-13-18(10-11-22(20)34-24)36(31,32)28-19-8-3-4-9-21(19)33-2/h3-13,28H,14H2,1-2H3,(H,25,29)(H,26,30). The number of aromatic nitrogens is 1. The zero-order chi connectivity index (χ0) is 25.7. The van der Waals surface area contributed by atoms with Gasteiger partial charge in [-0.3, -0.25) is 14.3 Å². The summed E-state index contributed by atoms with van der Waals surface area (Å²) in [5.74, 6) is -0.108. The number of fused-ring (bicyclic) bond motifs is 1. The first-order valence-corrected chi connectivity index (χ1v) is 13.1. The number of hydrogen-bond acceptors (Lipinski definition) is 8. The van der Waals surface area contributed by atoms with Gasteiger partial charge < -0.3 is 19.8 Å². The molecule has 0 fully saturated rings. The molecule has 4 aromatic rings. The Labute approximate surface area is 211 Å². The number of oxazole rings is 1. The minimum atomic E-state index is -3.91. The quantitative estimate of drug-likeness (QED) is 0.274. The van der Waals surface area contributed by atoms with Crippen molar-refractivity contribution in [1.29, 1.82) is 0 Å². The lowest BCUT2D eigenvalue weighted by Crippen LogP contribution is -2.14. The summed E-state index contributed by atoms with van der Waals surface area (Å²) in [6, 6.07) is 17.8. The Balaban J connectivity index is 1.42. The molecule has 1 heterocycles. The van der Waals surface area contributed by atoms with Crippen LogP contribution in [0.15, 0.2) is 81.3 Å². The SMILES string of the molecule is COc1ccccc1NS(=O)(=O)c1ccc2oc(SCC(=O)Nc3cccc(NC(C)=O)c3)nc2c1. The van der Waals surface area contributed by atoms with Gasteiger partial charge >= 0.3 is 0 Å². The van der Waals surface area contributed by atoms with Crippen LogP contribution < -0.4 is 20.1 Å². The van der Waals surface area contributed by atoms with Crippen LogP contribution in [0.3, 0.4) is 0 Å². The van der Waals surface area contributed by atoms with Crippen molar-refractivity contribution in [3.8, 4) is 5.75 Å². The lowest BCUT2D eigenvalue weighted by atomic mass is 10.2. The Hall–Kier alpha value is -4.03. The second kappa shape index (κ2) is 10.7. The van der Waals surface area contributed by atoms with E-state index < -0.39 is 10.0 Å². The maximum atomic E-state index is 12.9. The van der Waals surface area contributed by atoms with E-state index in [0.29, 0.717) is 33.9 Å². The van der Waals surface area contributed by atoms with Gasteiger partial charge in [-0.2, -0.15) is 0 Å². The lowest BCUT2D eigenvalue weighted by Gasteiger charge is -2.11. The smallest absolute Gasteiger partial charge is 0.262 e. The van der Waals surface area contributed by atoms with Crippen molar-refractivity contribution in [2.24, 2.45) is 0 Å². The molecule has 0 aliphatic carbocycles. The molecule has 0 bridgehead atoms. The molecule has 36 heavy (non-hydrogen) atoms. The van der Waals surface area contributed by atoms with E-state index in [0.717, 1.165) is 11.8 Å². The number of benzene rings is 3. The van der Waals surface area contributed by atoms with Gasteiger partial charge in [0.15, 0.2) is 5.58 Å². The molecule has 3 N–H and O–H groups in total. The van der Waals surface area contributed by atoms with E-state index in [1.54, 1.807) is 48.5 Å². The summed E-state index contributed by atoms with van der Waals surface area (Å²) in [6.45, 7) is 1.40. The Bertz CT molecular complexity index is 1530. The zero-order valence-corrected chi connectivity index (χ0v) is 20.9. The summed E-state index contributed by atoms with van der Waals surface area (Å²) in [4.78, 5) is 27.9. The first kappa shape index (κ1) is 25.1. The van der Waals surface area contributed by atoms with Gasteiger partial charge in [0.2, 0.25) is 11.8 Å². The van der Waals surface area contributed by atoms with E-state index in [-0.39, 0.29) is 27.7 Å². The van der Waals surface area contributed by atoms with Crippen LogP contribution in [0.5, 0.6) is 5.75 Å². The van der Waals surface area contributed by atoms with Crippen molar-refractivity contribution >= 4 is 61.8 Å². The van der Waals surface area contributed by atoms with E-state index in [9.17, 15) is 18.0 Å². The van der Waals surface area contributed by atoms with Gasteiger partial charge in [-0.15, -0.1) is 0 Å². The van der Waals surface area contributed by atoms with E-state index in [4.69, 9.17) is 9.15 Å². The Morgan fingerprint density at radius 2 is 1.75 bits per heavy atom. The normalized spacial score (nSPS) is 11.2. The fourth-order valence-electron chi connectivity index (χ4n) is 3.25. The predicted octanol–water partition coefficient (Wildman–Crippen LogP) is 4.33. The number of para-hydroxylation sites is 2. The fraction of sp³-hybridized carbons (Fsp3) is 0.125. The number of nitrogens with one attached hydrogen (secondary N) is 3. The van der Waals surface area contributed by atoms with Crippen LogP contribution in [-0.2, 0) is 19.6 Å². The van der Waals surface area contributed by atoms with Crippen molar-refractivity contribution < 1.29 is 27.2 Å². The number of carbonyl (C=O) groups excluding carboxylic acids is 2. The van der Waals surface area contributed by atoms with E-state index in [1.807, 2.05) is 0 Å². The van der Waals surface area contributed by atoms with Crippen LogP contribution in [0.1, 0.15) is 6.92 Å². The van der Waals surface area contributed by atoms with Crippen molar-refractivity contribution in [2.75, 3.05) is 28.2 Å². The molecular weight excluding hydrogens is 504 g/mol. The summed E-state index contributed by atoms with van der Waals surface area (Å²) < 4.78 is 39.1. The summed E-state index contributed by atoms with van der Waals surface area (Å²) in [6.07, 6.45) is 0. The van der Waals surface area contributed by atoms with E-state index in [1.165, 1.54) is 32.2 Å². The highest BCUT2D eigenvalue weighted by Crippen LogP contribution is 2.29. The number of anilines is 3. The van der Waals surface area contributed by atoms with Gasteiger partial charge in [-0.25, -0.2) is 13.4 Å². The average molecular weight is 527 g/mol. The number of carbonyl (C=O) groups is 2. The third-order valence-corrected chi connectivity index (χ3v) is 6.99. The minimum absolute atomic E-state index is 0.00236. The average Bonchev–Trinajstić information content (AvgIpc) is 3.25. The molecule has 0 unspecified atom stereocenters. The van der Waals surface area contributed by atoms with E-state index >= 15 is 0 Å². The van der Waals surface area contributed by atoms with Crippen molar-refractivity contribution in [3.63, 3.8) is 0 Å². The van der Waals surface area contributed by atoms with Gasteiger partial charge in [0.1, 0.15) is 11.3 Å². The number of hydrogen-bond donors (Lipinski definition) is 3. The number of methoxy groups -OCH3 is 1. The number of sulfonamides is 1. The van der Waals surface area contributed by atoms with Gasteiger partial charge in [-0.1, -0.05) is 30.0 Å². The first-order chi connectivity index (χ1) is 17.2. The van der Waals surface area contributed by atoms with Gasteiger partial charge in [0, 0.05) is 18.3 Å². The van der Waals surface area contributed by atoms with Crippen LogP contribution in [0.4, 0.5) is 17.1 Å². The molecule has 0 saturated carbocycles. The molecule has 10 nitrogen and oxygen atoms in total. The molecule has 0 spiro atoms. The second-order valence-electron chi connectivity index (χ2n) is 7.51. The number of ether oxygens (including phenoxy) is 1. The maximum Gasteiger partial charge on any atom is 0.262 e. The maximum absolute atomic E-state index is 12.9. The van der Waals surface area contributed by atoms with Crippen LogP contribution in [0.2, 0.25) is 0 Å². The second-order valence-corrected chi connectivity index (χ2v) is 10.1. The number of rotatable bonds is 9. The molecule has 1 aromatic heterocycles. The summed E-state index contributed by atoms with van der Waals surface area (Å²) >= 11 is 1.07. The molecule has 186 valence electrons. The molecule has 0 aliphatic rings. The predicted molar refractivity (Wildman–Crippen MR) is 138 cm³/mol. The topological polar surface area (TPSA) is 140 Å². The van der Waals surface area contributed by atoms with Crippen molar-refractivity contribution in [1.82, 2.24) is 4.98 Å². The zero-order valence-electron chi connectivity index (χ0n) is 19.3. The van der Waals surface area contributed by atoms with E-state index in [2.05, 4.69) is 20.3 Å². The lowest BCUT2D eigenvalue weighted by molar-refractivity contribution is -0.114. The fourth-order valence-corrected chi connectivity index (χ4v) is 4.98. The molecule has 0 radical (unpaired) electrons. The molecule has 2 amide bonds. The van der Waals surface area contributed by atoms with Gasteiger partial charge in [0.05, 0.1) is 23.4 Å². The molecule has 0 saturated heterocycles. The van der Waals surface area contributed by atoms with Crippen LogP contribution in [0.25, 0.3) is 11.1 Å². The molecule has 12 heteroatoms. The summed E-state index contributed by atoms with van der Waals surface area (Å²) in [7, 11) is -2.45. The summed E-state index contributed by atoms with van der Waals surface area (Å²) in [5, 5.41) is 5.62. The third-order valence-electron chi connectivity index (χ3n) is 4.79. The largest absolute Gasteiger partial charge is 0.495 e. The molecule has 3 aromatic carbocycles.